The van der Waals surface area contributed by atoms with Crippen LogP contribution >= 0.6 is 0 Å². The zero-order valence-electron chi connectivity index (χ0n) is 20.5. The lowest BCUT2D eigenvalue weighted by Gasteiger charge is -2.34. The Labute approximate surface area is 208 Å². The largest absolute Gasteiger partial charge is 0.496 e. The standard InChI is InChI=1S/C27H30F2N4O3/c1-32(13-14-34)22-15-19-21(16-20(22)28)30-25(24(35)27(29)9-10-27)31-26(19)33-11-7-17(8-12-33)18-5-3-4-6-23(18)36-2/h3-6,15-17,34H,7-14H2,1-2H3. The molecule has 7 nitrogen and oxygen atoms in total. The number of ketones is 1. The lowest BCUT2D eigenvalue weighted by molar-refractivity contribution is 0.0840. The van der Waals surface area contributed by atoms with Gasteiger partial charge in [-0.25, -0.2) is 18.7 Å². The summed E-state index contributed by atoms with van der Waals surface area (Å²) in [5, 5.41) is 9.91. The summed E-state index contributed by atoms with van der Waals surface area (Å²) in [5.41, 5.74) is -0.195. The smallest absolute Gasteiger partial charge is 0.237 e. The molecular formula is C27H30F2N4O3. The van der Waals surface area contributed by atoms with E-state index in [0.717, 1.165) is 24.2 Å². The molecule has 1 saturated heterocycles. The molecule has 9 heteroatoms. The molecule has 0 atom stereocenters. The number of nitrogens with zero attached hydrogens (tertiary/aromatic N) is 4. The molecule has 2 fully saturated rings. The quantitative estimate of drug-likeness (QED) is 0.467. The fourth-order valence-electron chi connectivity index (χ4n) is 4.97. The highest BCUT2D eigenvalue weighted by Gasteiger charge is 2.52. The van der Waals surface area contributed by atoms with E-state index in [0.29, 0.717) is 35.9 Å². The second-order valence-electron chi connectivity index (χ2n) is 9.63. The molecule has 2 aliphatic rings. The van der Waals surface area contributed by atoms with Gasteiger partial charge >= 0.3 is 0 Å². The number of Topliss-reactive ketones (excluding diaryl/α,β-unsaturated/α-hetero) is 1. The van der Waals surface area contributed by atoms with Crippen molar-refractivity contribution in [2.24, 2.45) is 0 Å². The van der Waals surface area contributed by atoms with Crippen molar-refractivity contribution in [1.82, 2.24) is 9.97 Å². The number of carbonyl (C=O) groups is 1. The third kappa shape index (κ3) is 4.48. The molecule has 5 rings (SSSR count). The van der Waals surface area contributed by atoms with Crippen molar-refractivity contribution in [3.8, 4) is 5.75 Å². The van der Waals surface area contributed by atoms with Crippen LogP contribution in [-0.4, -0.2) is 66.9 Å². The number of rotatable bonds is 8. The van der Waals surface area contributed by atoms with Crippen LogP contribution in [0, 0.1) is 5.82 Å². The number of hydrogen-bond donors (Lipinski definition) is 1. The Morgan fingerprint density at radius 1 is 1.22 bits per heavy atom. The Kier molecular flexibility index (Phi) is 6.51. The first-order valence-electron chi connectivity index (χ1n) is 12.3. The number of carbonyl (C=O) groups excluding carboxylic acids is 1. The number of aromatic nitrogens is 2. The van der Waals surface area contributed by atoms with Crippen LogP contribution in [0.5, 0.6) is 5.75 Å². The van der Waals surface area contributed by atoms with Crippen LogP contribution < -0.4 is 14.5 Å². The van der Waals surface area contributed by atoms with Gasteiger partial charge < -0.3 is 19.6 Å². The van der Waals surface area contributed by atoms with Gasteiger partial charge in [0.1, 0.15) is 17.4 Å². The van der Waals surface area contributed by atoms with Gasteiger partial charge in [-0.05, 0) is 49.3 Å². The summed E-state index contributed by atoms with van der Waals surface area (Å²) >= 11 is 0. The average molecular weight is 497 g/mol. The molecule has 1 aromatic heterocycles. The summed E-state index contributed by atoms with van der Waals surface area (Å²) in [6.45, 7) is 1.44. The minimum absolute atomic E-state index is 0.125. The van der Waals surface area contributed by atoms with E-state index in [-0.39, 0.29) is 37.3 Å². The second kappa shape index (κ2) is 9.61. The number of methoxy groups -OCH3 is 1. The number of benzene rings is 2. The minimum Gasteiger partial charge on any atom is -0.496 e. The van der Waals surface area contributed by atoms with E-state index in [9.17, 15) is 18.7 Å². The Hall–Kier alpha value is -3.33. The molecule has 1 aliphatic heterocycles. The highest BCUT2D eigenvalue weighted by Crippen LogP contribution is 2.43. The lowest BCUT2D eigenvalue weighted by atomic mass is 9.88. The molecule has 190 valence electrons. The molecule has 36 heavy (non-hydrogen) atoms. The van der Waals surface area contributed by atoms with Crippen LogP contribution in [0.3, 0.4) is 0 Å². The molecule has 1 aliphatic carbocycles. The van der Waals surface area contributed by atoms with E-state index in [1.807, 2.05) is 18.2 Å². The van der Waals surface area contributed by atoms with Crippen molar-refractivity contribution in [1.29, 1.82) is 0 Å². The second-order valence-corrected chi connectivity index (χ2v) is 9.63. The van der Waals surface area contributed by atoms with Gasteiger partial charge in [0.05, 0.1) is 24.9 Å². The van der Waals surface area contributed by atoms with Crippen molar-refractivity contribution in [3.63, 3.8) is 0 Å². The van der Waals surface area contributed by atoms with E-state index in [1.165, 1.54) is 6.07 Å². The monoisotopic (exact) mass is 496 g/mol. The Morgan fingerprint density at radius 3 is 2.61 bits per heavy atom. The zero-order valence-corrected chi connectivity index (χ0v) is 20.5. The summed E-state index contributed by atoms with van der Waals surface area (Å²) in [6, 6.07) is 10.9. The molecule has 3 aromatic rings. The van der Waals surface area contributed by atoms with Gasteiger partial charge in [0.2, 0.25) is 11.6 Å². The number of ether oxygens (including phenoxy) is 1. The highest BCUT2D eigenvalue weighted by atomic mass is 19.1. The van der Waals surface area contributed by atoms with Gasteiger partial charge in [0.15, 0.2) is 5.67 Å². The number of alkyl halides is 1. The van der Waals surface area contributed by atoms with Crippen LogP contribution in [0.25, 0.3) is 10.9 Å². The number of piperidine rings is 1. The molecule has 2 heterocycles. The summed E-state index contributed by atoms with van der Waals surface area (Å²) in [6.07, 6.45) is 1.99. The number of hydrogen-bond acceptors (Lipinski definition) is 7. The molecule has 1 saturated carbocycles. The van der Waals surface area contributed by atoms with E-state index >= 15 is 0 Å². The Balaban J connectivity index is 1.52. The molecule has 0 unspecified atom stereocenters. The maximum Gasteiger partial charge on any atom is 0.237 e. The molecule has 0 bridgehead atoms. The van der Waals surface area contributed by atoms with Gasteiger partial charge in [-0.15, -0.1) is 0 Å². The van der Waals surface area contributed by atoms with Crippen molar-refractivity contribution in [3.05, 3.63) is 53.6 Å². The number of fused-ring (bicyclic) bond motifs is 1. The number of halogens is 2. The first kappa shape index (κ1) is 24.4. The molecule has 0 spiro atoms. The molecule has 0 amide bonds. The highest BCUT2D eigenvalue weighted by molar-refractivity contribution is 6.04. The van der Waals surface area contributed by atoms with Crippen molar-refractivity contribution in [2.45, 2.75) is 37.3 Å². The molecule has 1 N–H and O–H groups in total. The zero-order chi connectivity index (χ0) is 25.4. The summed E-state index contributed by atoms with van der Waals surface area (Å²) in [5.74, 6) is 0.191. The fourth-order valence-corrected chi connectivity index (χ4v) is 4.97. The number of aliphatic hydroxyl groups is 1. The number of anilines is 2. The lowest BCUT2D eigenvalue weighted by Crippen LogP contribution is -2.34. The van der Waals surface area contributed by atoms with E-state index in [4.69, 9.17) is 4.74 Å². The Bertz CT molecular complexity index is 1290. The first-order chi connectivity index (χ1) is 17.3. The SMILES string of the molecule is COc1ccccc1C1CCN(c2nc(C(=O)C3(F)CC3)nc3cc(F)c(N(C)CCO)cc23)CC1. The Morgan fingerprint density at radius 2 is 1.94 bits per heavy atom. The van der Waals surface area contributed by atoms with E-state index < -0.39 is 17.3 Å². The van der Waals surface area contributed by atoms with Gasteiger partial charge in [-0.1, -0.05) is 18.2 Å². The normalized spacial score (nSPS) is 17.3. The van der Waals surface area contributed by atoms with Gasteiger partial charge in [0, 0.05) is 38.1 Å². The summed E-state index contributed by atoms with van der Waals surface area (Å²) in [4.78, 5) is 25.3. The molecule has 2 aromatic carbocycles. The third-order valence-corrected chi connectivity index (χ3v) is 7.26. The van der Waals surface area contributed by atoms with Gasteiger partial charge in [-0.2, -0.15) is 0 Å². The summed E-state index contributed by atoms with van der Waals surface area (Å²) < 4.78 is 35.2. The van der Waals surface area contributed by atoms with Crippen LogP contribution in [0.4, 0.5) is 20.3 Å². The van der Waals surface area contributed by atoms with Crippen LogP contribution in [0.2, 0.25) is 0 Å². The van der Waals surface area contributed by atoms with Gasteiger partial charge in [0.25, 0.3) is 0 Å². The predicted molar refractivity (Wildman–Crippen MR) is 134 cm³/mol. The minimum atomic E-state index is -1.92. The van der Waals surface area contributed by atoms with Crippen molar-refractivity contribution < 1.29 is 23.4 Å². The first-order valence-corrected chi connectivity index (χ1v) is 12.3. The average Bonchev–Trinajstić information content (AvgIpc) is 3.65. The summed E-state index contributed by atoms with van der Waals surface area (Å²) in [7, 11) is 3.36. The topological polar surface area (TPSA) is 78.8 Å². The number of likely N-dealkylation sites (N-methyl/N-ethyl adjacent to an activating group) is 1. The number of aliphatic hydroxyl groups excluding tert-OH is 1. The van der Waals surface area contributed by atoms with Crippen LogP contribution in [0.1, 0.15) is 47.8 Å². The maximum atomic E-state index is 15.0. The third-order valence-electron chi connectivity index (χ3n) is 7.26. The fraction of sp³-hybridized carbons (Fsp3) is 0.444. The van der Waals surface area contributed by atoms with Crippen molar-refractivity contribution in [2.75, 3.05) is 50.2 Å². The van der Waals surface area contributed by atoms with E-state index in [1.54, 1.807) is 25.1 Å². The molecule has 0 radical (unpaired) electrons. The van der Waals surface area contributed by atoms with Crippen LogP contribution in [0.15, 0.2) is 36.4 Å². The number of para-hydroxylation sites is 1. The molecular weight excluding hydrogens is 466 g/mol. The van der Waals surface area contributed by atoms with E-state index in [2.05, 4.69) is 20.9 Å². The maximum absolute atomic E-state index is 15.0. The van der Waals surface area contributed by atoms with Gasteiger partial charge in [-0.3, -0.25) is 4.79 Å². The predicted octanol–water partition coefficient (Wildman–Crippen LogP) is 4.27. The van der Waals surface area contributed by atoms with Crippen molar-refractivity contribution >= 4 is 28.2 Å². The van der Waals surface area contributed by atoms with Crippen LogP contribution in [-0.2, 0) is 0 Å².